The van der Waals surface area contributed by atoms with E-state index >= 15 is 0 Å². The molecule has 0 unspecified atom stereocenters. The molecule has 3 heterocycles. The molecular weight excluding hydrogens is 596 g/mol. The van der Waals surface area contributed by atoms with Gasteiger partial charge in [-0.05, 0) is 50.1 Å². The van der Waals surface area contributed by atoms with Crippen molar-refractivity contribution in [1.29, 1.82) is 5.26 Å². The summed E-state index contributed by atoms with van der Waals surface area (Å²) in [5.41, 5.74) is 6.81. The van der Waals surface area contributed by atoms with Crippen molar-refractivity contribution in [3.8, 4) is 6.07 Å². The monoisotopic (exact) mass is 624 g/mol. The van der Waals surface area contributed by atoms with Gasteiger partial charge in [0, 0.05) is 48.1 Å². The number of aromatic nitrogens is 2. The van der Waals surface area contributed by atoms with Gasteiger partial charge in [0.2, 0.25) is 0 Å². The Labute approximate surface area is 256 Å². The lowest BCUT2D eigenvalue weighted by Gasteiger charge is -2.29. The first-order valence-corrected chi connectivity index (χ1v) is 14.0. The third-order valence-corrected chi connectivity index (χ3v) is 7.71. The molecule has 0 bridgehead atoms. The van der Waals surface area contributed by atoms with E-state index in [4.69, 9.17) is 11.6 Å². The highest BCUT2D eigenvalue weighted by atomic mass is 35.5. The van der Waals surface area contributed by atoms with Crippen LogP contribution in [0.5, 0.6) is 0 Å². The van der Waals surface area contributed by atoms with Crippen LogP contribution in [0.1, 0.15) is 37.4 Å². The molecular formula is C31H29ClF4N8. The molecule has 4 N–H and O–H groups in total. The molecule has 8 nitrogen and oxygen atoms in total. The van der Waals surface area contributed by atoms with Gasteiger partial charge < -0.3 is 16.1 Å². The Bertz CT molecular complexity index is 1800. The molecule has 5 rings (SSSR count). The van der Waals surface area contributed by atoms with E-state index in [1.807, 2.05) is 17.3 Å². The van der Waals surface area contributed by atoms with Crippen molar-refractivity contribution in [1.82, 2.24) is 25.9 Å². The number of benzene rings is 2. The number of rotatable bonds is 10. The molecule has 13 heteroatoms. The summed E-state index contributed by atoms with van der Waals surface area (Å²) in [6.45, 7) is 6.07. The Morgan fingerprint density at radius 3 is 2.68 bits per heavy atom. The van der Waals surface area contributed by atoms with E-state index in [1.54, 1.807) is 36.4 Å². The SMILES string of the molecule is C=CCCN1C=C([C@@H](Nc2cc(Cl)c3ncc(C#N)c(NCC(C)(C)C(F)(F)F)c3c2)c2ccc(F)c3ncccc23)NN1. The topological polar surface area (TPSA) is 101 Å². The number of anilines is 2. The third-order valence-electron chi connectivity index (χ3n) is 7.42. The van der Waals surface area contributed by atoms with Crippen LogP contribution in [-0.2, 0) is 0 Å². The molecule has 0 amide bonds. The minimum atomic E-state index is -4.48. The molecule has 0 fully saturated rings. The van der Waals surface area contributed by atoms with Gasteiger partial charge in [0.25, 0.3) is 0 Å². The Morgan fingerprint density at radius 1 is 1.16 bits per heavy atom. The maximum atomic E-state index is 14.7. The summed E-state index contributed by atoms with van der Waals surface area (Å²) in [6.07, 6.45) is 2.70. The summed E-state index contributed by atoms with van der Waals surface area (Å²) in [5.74, 6) is -0.469. The van der Waals surface area contributed by atoms with Crippen molar-refractivity contribution >= 4 is 44.8 Å². The van der Waals surface area contributed by atoms with E-state index < -0.39 is 30.0 Å². The molecule has 0 aliphatic carbocycles. The highest BCUT2D eigenvalue weighted by molar-refractivity contribution is 6.35. The lowest BCUT2D eigenvalue weighted by atomic mass is 9.92. The lowest BCUT2D eigenvalue weighted by Crippen LogP contribution is -2.38. The van der Waals surface area contributed by atoms with Crippen molar-refractivity contribution in [3.05, 3.63) is 95.3 Å². The van der Waals surface area contributed by atoms with Crippen molar-refractivity contribution < 1.29 is 17.6 Å². The van der Waals surface area contributed by atoms with E-state index in [0.717, 1.165) is 20.3 Å². The maximum Gasteiger partial charge on any atom is 0.395 e. The van der Waals surface area contributed by atoms with E-state index in [1.165, 1.54) is 18.5 Å². The molecule has 0 spiro atoms. The Balaban J connectivity index is 1.61. The summed E-state index contributed by atoms with van der Waals surface area (Å²) >= 11 is 6.66. The summed E-state index contributed by atoms with van der Waals surface area (Å²) in [4.78, 5) is 8.54. The fourth-order valence-electron chi connectivity index (χ4n) is 4.80. The predicted molar refractivity (Wildman–Crippen MR) is 164 cm³/mol. The number of hydrogen-bond donors (Lipinski definition) is 4. The number of nitrogens with zero attached hydrogens (tertiary/aromatic N) is 4. The van der Waals surface area contributed by atoms with E-state index in [0.29, 0.717) is 39.8 Å². The number of alkyl halides is 3. The maximum absolute atomic E-state index is 14.7. The minimum Gasteiger partial charge on any atom is -0.382 e. The quantitative estimate of drug-likeness (QED) is 0.107. The zero-order valence-corrected chi connectivity index (χ0v) is 24.6. The minimum absolute atomic E-state index is 0.0677. The Hall–Kier alpha value is -4.60. The summed E-state index contributed by atoms with van der Waals surface area (Å²) < 4.78 is 55.7. The molecule has 1 aliphatic heterocycles. The molecule has 44 heavy (non-hydrogen) atoms. The standard InChI is InChI=1S/C31H29ClF4N8/c1-4-5-11-44-16-25(42-43-44)29(21-8-9-24(33)28-20(21)7-6-10-38-28)41-19-12-22-26(40-17-30(2,3)31(34,35)36)18(14-37)15-39-27(22)23(32)13-19/h4,6-10,12-13,15-16,29,41-43H,1,5,11,17H2,2-3H3,(H,39,40)/t29-/m0/s1. The number of nitrogens with one attached hydrogen (secondary N) is 4. The predicted octanol–water partition coefficient (Wildman–Crippen LogP) is 7.34. The summed E-state index contributed by atoms with van der Waals surface area (Å²) in [7, 11) is 0. The highest BCUT2D eigenvalue weighted by Crippen LogP contribution is 2.40. The van der Waals surface area contributed by atoms with Crippen LogP contribution in [0, 0.1) is 22.6 Å². The van der Waals surface area contributed by atoms with Gasteiger partial charge >= 0.3 is 6.18 Å². The van der Waals surface area contributed by atoms with Gasteiger partial charge in [0.15, 0.2) is 0 Å². The van der Waals surface area contributed by atoms with E-state index in [2.05, 4.69) is 38.1 Å². The number of fused-ring (bicyclic) bond motifs is 2. The van der Waals surface area contributed by atoms with Crippen LogP contribution < -0.4 is 21.6 Å². The van der Waals surface area contributed by atoms with Crippen LogP contribution in [0.4, 0.5) is 28.9 Å². The molecule has 228 valence electrons. The summed E-state index contributed by atoms with van der Waals surface area (Å²) in [6, 6.07) is 11.2. The largest absolute Gasteiger partial charge is 0.395 e. The normalized spacial score (nSPS) is 14.2. The van der Waals surface area contributed by atoms with Crippen molar-refractivity contribution in [3.63, 3.8) is 0 Å². The van der Waals surface area contributed by atoms with Gasteiger partial charge in [-0.1, -0.05) is 29.8 Å². The molecule has 2 aromatic heterocycles. The van der Waals surface area contributed by atoms with Gasteiger partial charge in [0.05, 0.1) is 38.9 Å². The van der Waals surface area contributed by atoms with Gasteiger partial charge in [-0.3, -0.25) is 15.0 Å². The third kappa shape index (κ3) is 6.06. The molecule has 4 aromatic rings. The Kier molecular flexibility index (Phi) is 8.54. The second kappa shape index (κ2) is 12.2. The van der Waals surface area contributed by atoms with Crippen molar-refractivity contribution in [2.75, 3.05) is 23.7 Å². The summed E-state index contributed by atoms with van der Waals surface area (Å²) in [5, 5.41) is 19.1. The van der Waals surface area contributed by atoms with Crippen molar-refractivity contribution in [2.24, 2.45) is 5.41 Å². The fraction of sp³-hybridized carbons (Fsp3) is 0.258. The van der Waals surface area contributed by atoms with Crippen LogP contribution in [0.3, 0.4) is 0 Å². The zero-order valence-electron chi connectivity index (χ0n) is 23.9. The molecule has 0 saturated carbocycles. The van der Waals surface area contributed by atoms with E-state index in [9.17, 15) is 22.8 Å². The number of halogens is 5. The van der Waals surface area contributed by atoms with Gasteiger partial charge in [0.1, 0.15) is 17.4 Å². The first-order chi connectivity index (χ1) is 20.9. The highest BCUT2D eigenvalue weighted by Gasteiger charge is 2.47. The van der Waals surface area contributed by atoms with Crippen LogP contribution in [0.15, 0.2) is 73.3 Å². The first kappa shape index (κ1) is 30.8. The van der Waals surface area contributed by atoms with Crippen LogP contribution in [0.25, 0.3) is 21.8 Å². The molecule has 1 atom stereocenters. The Morgan fingerprint density at radius 2 is 1.95 bits per heavy atom. The average Bonchev–Trinajstić information content (AvgIpc) is 3.46. The number of hydrazine groups is 2. The number of pyridine rings is 2. The number of hydrogen-bond acceptors (Lipinski definition) is 8. The number of nitriles is 1. The van der Waals surface area contributed by atoms with E-state index in [-0.39, 0.29) is 21.8 Å². The molecule has 2 aromatic carbocycles. The van der Waals surface area contributed by atoms with Crippen LogP contribution >= 0.6 is 11.6 Å². The first-order valence-electron chi connectivity index (χ1n) is 13.7. The lowest BCUT2D eigenvalue weighted by molar-refractivity contribution is -0.206. The second-order valence-corrected chi connectivity index (χ2v) is 11.4. The van der Waals surface area contributed by atoms with Gasteiger partial charge in [-0.25, -0.2) is 4.39 Å². The molecule has 0 saturated heterocycles. The van der Waals surface area contributed by atoms with Crippen LogP contribution in [0.2, 0.25) is 5.02 Å². The fourth-order valence-corrected chi connectivity index (χ4v) is 5.06. The van der Waals surface area contributed by atoms with Crippen molar-refractivity contribution in [2.45, 2.75) is 32.5 Å². The average molecular weight is 625 g/mol. The van der Waals surface area contributed by atoms with Crippen LogP contribution in [-0.4, -0.2) is 34.2 Å². The zero-order chi connectivity index (χ0) is 31.6. The molecule has 1 aliphatic rings. The molecule has 0 radical (unpaired) electrons. The second-order valence-electron chi connectivity index (χ2n) is 11.0. The smallest absolute Gasteiger partial charge is 0.382 e. The van der Waals surface area contributed by atoms with Gasteiger partial charge in [-0.15, -0.1) is 12.1 Å². The van der Waals surface area contributed by atoms with Gasteiger partial charge in [-0.2, -0.15) is 18.4 Å².